The van der Waals surface area contributed by atoms with Crippen LogP contribution in [0.2, 0.25) is 0 Å². The van der Waals surface area contributed by atoms with Crippen LogP contribution in [0.3, 0.4) is 0 Å². The monoisotopic (exact) mass is 451 g/mol. The highest BCUT2D eigenvalue weighted by atomic mass is 31.2. The second-order valence-corrected chi connectivity index (χ2v) is 7.83. The van der Waals surface area contributed by atoms with Crippen molar-refractivity contribution in [2.45, 2.75) is 24.9 Å². The average molecular weight is 451 g/mol. The molecule has 14 heteroatoms. The highest BCUT2D eigenvalue weighted by Gasteiger charge is 2.37. The zero-order valence-corrected chi connectivity index (χ0v) is 16.7. The van der Waals surface area contributed by atoms with E-state index in [1.165, 1.54) is 12.3 Å². The Bertz CT molecular complexity index is 1200. The molecule has 13 nitrogen and oxygen atoms in total. The molecule has 1 aliphatic heterocycles. The topological polar surface area (TPSA) is 200 Å². The van der Waals surface area contributed by atoms with Gasteiger partial charge in [0.2, 0.25) is 0 Å². The van der Waals surface area contributed by atoms with Gasteiger partial charge in [-0.05, 0) is 23.2 Å². The van der Waals surface area contributed by atoms with Crippen molar-refractivity contribution >= 4 is 25.7 Å². The van der Waals surface area contributed by atoms with Crippen molar-refractivity contribution in [1.82, 2.24) is 9.55 Å². The van der Waals surface area contributed by atoms with Crippen molar-refractivity contribution in [3.63, 3.8) is 0 Å². The van der Waals surface area contributed by atoms with Crippen molar-refractivity contribution in [1.29, 1.82) is 0 Å². The number of benzene rings is 1. The molecular formula is C17H18N5O8P. The molecule has 0 amide bonds. The Morgan fingerprint density at radius 1 is 1.39 bits per heavy atom. The number of aromatic amines is 1. The lowest BCUT2D eigenvalue weighted by Gasteiger charge is -2.16. The number of nitrogens with one attached hydrogen (secondary N) is 1. The highest BCUT2D eigenvalue weighted by molar-refractivity contribution is 7.46. The number of hydrogen-bond acceptors (Lipinski definition) is 7. The Kier molecular flexibility index (Phi) is 6.88. The van der Waals surface area contributed by atoms with Crippen LogP contribution in [0.5, 0.6) is 0 Å². The molecule has 1 aromatic carbocycles. The van der Waals surface area contributed by atoms with Gasteiger partial charge in [0.05, 0.1) is 18.3 Å². The number of H-pyrrole nitrogens is 1. The van der Waals surface area contributed by atoms with E-state index in [0.29, 0.717) is 11.3 Å². The molecular weight excluding hydrogens is 433 g/mol. The van der Waals surface area contributed by atoms with Crippen molar-refractivity contribution in [3.05, 3.63) is 72.9 Å². The summed E-state index contributed by atoms with van der Waals surface area (Å²) in [7, 11) is -4.75. The Labute approximate surface area is 174 Å². The van der Waals surface area contributed by atoms with E-state index in [2.05, 4.69) is 19.5 Å². The summed E-state index contributed by atoms with van der Waals surface area (Å²) >= 11 is 0. The largest absolute Gasteiger partial charge is 0.469 e. The van der Waals surface area contributed by atoms with Crippen molar-refractivity contribution in [2.75, 3.05) is 6.61 Å². The number of phosphoric ester groups is 1. The maximum absolute atomic E-state index is 12.2. The maximum atomic E-state index is 12.2. The summed E-state index contributed by atoms with van der Waals surface area (Å²) in [6, 6.07) is 6.60. The fourth-order valence-corrected chi connectivity index (χ4v) is 3.31. The van der Waals surface area contributed by atoms with Crippen LogP contribution in [0.15, 0.2) is 45.2 Å². The number of hydrogen-bond donors (Lipinski definition) is 4. The molecule has 1 aromatic heterocycles. The zero-order chi connectivity index (χ0) is 22.6. The molecule has 0 saturated carbocycles. The smallest absolute Gasteiger partial charge is 0.390 e. The lowest BCUT2D eigenvalue weighted by molar-refractivity contribution is -0.0451. The second-order valence-electron chi connectivity index (χ2n) is 6.59. The predicted octanol–water partition coefficient (Wildman–Crippen LogP) is 1.41. The number of rotatable bonds is 7. The molecule has 0 bridgehead atoms. The lowest BCUT2D eigenvalue weighted by atomic mass is 10.1. The van der Waals surface area contributed by atoms with Crippen molar-refractivity contribution in [3.8, 4) is 0 Å². The number of aliphatic hydroxyl groups is 1. The fraction of sp³-hybridized carbons (Fsp3) is 0.294. The zero-order valence-electron chi connectivity index (χ0n) is 15.8. The second kappa shape index (κ2) is 9.41. The van der Waals surface area contributed by atoms with Crippen molar-refractivity contribution < 1.29 is 28.7 Å². The van der Waals surface area contributed by atoms with Crippen LogP contribution < -0.4 is 11.2 Å². The van der Waals surface area contributed by atoms with E-state index in [0.717, 1.165) is 4.57 Å². The summed E-state index contributed by atoms with van der Waals surface area (Å²) in [5.74, 6) is 0. The first kappa shape index (κ1) is 22.7. The summed E-state index contributed by atoms with van der Waals surface area (Å²) in [6.07, 6.45) is 1.03. The van der Waals surface area contributed by atoms with Crippen LogP contribution in [-0.2, 0) is 13.8 Å². The van der Waals surface area contributed by atoms with Gasteiger partial charge in [0, 0.05) is 23.2 Å². The normalized spacial score (nSPS) is 21.3. The number of nitrogens with zero attached hydrogens (tertiary/aromatic N) is 4. The molecule has 1 saturated heterocycles. The fourth-order valence-electron chi connectivity index (χ4n) is 2.97. The Morgan fingerprint density at radius 2 is 2.16 bits per heavy atom. The summed E-state index contributed by atoms with van der Waals surface area (Å²) in [5, 5.41) is 13.6. The van der Waals surface area contributed by atoms with Crippen LogP contribution >= 0.6 is 7.82 Å². The average Bonchev–Trinajstić information content (AvgIpc) is 3.06. The van der Waals surface area contributed by atoms with Gasteiger partial charge in [0.1, 0.15) is 12.3 Å². The van der Waals surface area contributed by atoms with Gasteiger partial charge in [-0.15, -0.1) is 0 Å². The standard InChI is InChI=1S/C17H18N5O8P/c18-21-20-12-3-1-2-10(6-12)4-5-11-8-22(17(25)19-16(11)24)15-7-13(23)14(30-15)9-29-31(26,27)28/h1-6,8,13-15,23H,7,9H2,(H,19,24,25)(H2,26,27,28)/b5-4+/t13-,14+,15+/m0/s1. The summed E-state index contributed by atoms with van der Waals surface area (Å²) in [6.45, 7) is -0.575. The van der Waals surface area contributed by atoms with Crippen LogP contribution in [0.1, 0.15) is 23.8 Å². The molecule has 0 aliphatic carbocycles. The van der Waals surface area contributed by atoms with Gasteiger partial charge in [-0.3, -0.25) is 18.9 Å². The van der Waals surface area contributed by atoms with E-state index in [9.17, 15) is 19.3 Å². The third-order valence-corrected chi connectivity index (χ3v) is 4.89. The molecule has 2 heterocycles. The van der Waals surface area contributed by atoms with Gasteiger partial charge in [-0.1, -0.05) is 29.4 Å². The third kappa shape index (κ3) is 6.00. The van der Waals surface area contributed by atoms with E-state index in [4.69, 9.17) is 20.1 Å². The van der Waals surface area contributed by atoms with Gasteiger partial charge in [-0.25, -0.2) is 9.36 Å². The predicted molar refractivity (Wildman–Crippen MR) is 108 cm³/mol. The molecule has 3 atom stereocenters. The van der Waals surface area contributed by atoms with Gasteiger partial charge in [0.15, 0.2) is 0 Å². The Hall–Kier alpha value is -3.02. The van der Waals surface area contributed by atoms with E-state index in [1.807, 2.05) is 0 Å². The van der Waals surface area contributed by atoms with Gasteiger partial charge < -0.3 is 19.6 Å². The molecule has 0 spiro atoms. The highest BCUT2D eigenvalue weighted by Crippen LogP contribution is 2.38. The summed E-state index contributed by atoms with van der Waals surface area (Å²) in [4.78, 5) is 46.8. The van der Waals surface area contributed by atoms with Crippen LogP contribution in [0.25, 0.3) is 22.6 Å². The first-order chi connectivity index (χ1) is 14.7. The SMILES string of the molecule is [N-]=[N+]=Nc1cccc(/C=C/c2cn([C@H]3C[C@H](O)[C@@H](COP(=O)(O)O)O3)c(=O)[nH]c2=O)c1. The summed E-state index contributed by atoms with van der Waals surface area (Å²) in [5.41, 5.74) is 8.23. The van der Waals surface area contributed by atoms with E-state index < -0.39 is 44.1 Å². The number of aliphatic hydroxyl groups excluding tert-OH is 1. The minimum Gasteiger partial charge on any atom is -0.390 e. The van der Waals surface area contributed by atoms with E-state index in [1.54, 1.807) is 30.3 Å². The molecule has 0 unspecified atom stereocenters. The first-order valence-corrected chi connectivity index (χ1v) is 10.4. The number of ether oxygens (including phenoxy) is 1. The lowest BCUT2D eigenvalue weighted by Crippen LogP contribution is -2.33. The first-order valence-electron chi connectivity index (χ1n) is 8.88. The number of aromatic nitrogens is 2. The van der Waals surface area contributed by atoms with E-state index >= 15 is 0 Å². The van der Waals surface area contributed by atoms with Crippen LogP contribution in [-0.4, -0.2) is 43.3 Å². The molecule has 3 rings (SSSR count). The Morgan fingerprint density at radius 3 is 2.87 bits per heavy atom. The maximum Gasteiger partial charge on any atom is 0.469 e. The number of azide groups is 1. The molecule has 2 aromatic rings. The van der Waals surface area contributed by atoms with Gasteiger partial charge in [0.25, 0.3) is 5.56 Å². The molecule has 164 valence electrons. The van der Waals surface area contributed by atoms with E-state index in [-0.39, 0.29) is 12.0 Å². The number of phosphoric acid groups is 1. The molecule has 4 N–H and O–H groups in total. The van der Waals surface area contributed by atoms with Gasteiger partial charge in [-0.2, -0.15) is 0 Å². The molecule has 0 radical (unpaired) electrons. The van der Waals surface area contributed by atoms with Crippen molar-refractivity contribution in [2.24, 2.45) is 5.11 Å². The Balaban J connectivity index is 1.82. The van der Waals surface area contributed by atoms with Crippen LogP contribution in [0, 0.1) is 0 Å². The minimum absolute atomic E-state index is 0.0570. The third-order valence-electron chi connectivity index (χ3n) is 4.40. The molecule has 31 heavy (non-hydrogen) atoms. The quantitative estimate of drug-likeness (QED) is 0.209. The van der Waals surface area contributed by atoms with Crippen LogP contribution in [0.4, 0.5) is 5.69 Å². The minimum atomic E-state index is -4.75. The van der Waals surface area contributed by atoms with Gasteiger partial charge >= 0.3 is 13.5 Å². The molecule has 1 fully saturated rings. The molecule has 1 aliphatic rings. The summed E-state index contributed by atoms with van der Waals surface area (Å²) < 4.78 is 21.7.